The Kier molecular flexibility index (Phi) is 6.66. The maximum absolute atomic E-state index is 6.07. The molecule has 0 aliphatic rings. The molecule has 0 atom stereocenters. The van der Waals surface area contributed by atoms with E-state index >= 15 is 0 Å². The first-order valence-electron chi connectivity index (χ1n) is 6.38. The lowest BCUT2D eigenvalue weighted by molar-refractivity contribution is 0.416. The third-order valence-electron chi connectivity index (χ3n) is 2.88. The van der Waals surface area contributed by atoms with Crippen LogP contribution < -0.4 is 10.1 Å². The Bertz CT molecular complexity index is 390. The summed E-state index contributed by atoms with van der Waals surface area (Å²) >= 11 is 6.07. The fourth-order valence-corrected chi connectivity index (χ4v) is 1.94. The first-order valence-corrected chi connectivity index (χ1v) is 6.75. The lowest BCUT2D eigenvalue weighted by atomic mass is 10.1. The third kappa shape index (κ3) is 4.61. The van der Waals surface area contributed by atoms with E-state index in [4.69, 9.17) is 16.3 Å². The molecule has 1 N–H and O–H groups in total. The molecule has 1 rings (SSSR count). The summed E-state index contributed by atoms with van der Waals surface area (Å²) in [6.07, 6.45) is 6.65. The number of hydrogen-bond acceptors (Lipinski definition) is 2. The van der Waals surface area contributed by atoms with Crippen LogP contribution in [0.4, 0.5) is 5.69 Å². The van der Waals surface area contributed by atoms with Crippen LogP contribution in [0, 0.1) is 6.92 Å². The highest BCUT2D eigenvalue weighted by atomic mass is 35.5. The second-order valence-electron chi connectivity index (χ2n) is 4.37. The highest BCUT2D eigenvalue weighted by molar-refractivity contribution is 6.31. The molecule has 0 amide bonds. The Morgan fingerprint density at radius 3 is 2.78 bits per heavy atom. The summed E-state index contributed by atoms with van der Waals surface area (Å²) in [6.45, 7) is 6.67. The van der Waals surface area contributed by atoms with Crippen LogP contribution in [-0.2, 0) is 0 Å². The minimum Gasteiger partial charge on any atom is -0.495 e. The fraction of sp³-hybridized carbons (Fsp3) is 0.467. The number of aryl methyl sites for hydroxylation is 1. The van der Waals surface area contributed by atoms with Crippen molar-refractivity contribution in [2.75, 3.05) is 19.0 Å². The number of methoxy groups -OCH3 is 1. The number of hydrogen-bond donors (Lipinski definition) is 1. The van der Waals surface area contributed by atoms with Crippen molar-refractivity contribution in [1.82, 2.24) is 0 Å². The number of benzene rings is 1. The van der Waals surface area contributed by atoms with Crippen LogP contribution in [0.1, 0.15) is 31.2 Å². The zero-order valence-corrected chi connectivity index (χ0v) is 12.0. The molecule has 0 aliphatic carbocycles. The van der Waals surface area contributed by atoms with Crippen molar-refractivity contribution < 1.29 is 4.74 Å². The molecular formula is C15H22ClNO. The Morgan fingerprint density at radius 1 is 1.33 bits per heavy atom. The van der Waals surface area contributed by atoms with Gasteiger partial charge in [-0.3, -0.25) is 0 Å². The minimum absolute atomic E-state index is 0.739. The summed E-state index contributed by atoms with van der Waals surface area (Å²) in [5.74, 6) is 0.802. The van der Waals surface area contributed by atoms with Gasteiger partial charge in [-0.1, -0.05) is 24.1 Å². The van der Waals surface area contributed by atoms with Crippen molar-refractivity contribution in [3.8, 4) is 5.75 Å². The highest BCUT2D eigenvalue weighted by Crippen LogP contribution is 2.30. The molecule has 0 unspecified atom stereocenters. The quantitative estimate of drug-likeness (QED) is 0.539. The lowest BCUT2D eigenvalue weighted by Crippen LogP contribution is -2.03. The molecule has 0 heterocycles. The van der Waals surface area contributed by atoms with Crippen molar-refractivity contribution in [2.24, 2.45) is 0 Å². The predicted octanol–water partition coefficient (Wildman–Crippen LogP) is 4.82. The van der Waals surface area contributed by atoms with Crippen molar-refractivity contribution in [3.63, 3.8) is 0 Å². The standard InChI is InChI=1S/C15H22ClNO/c1-4-5-6-7-8-9-17-14-10-12(2)13(16)11-15(14)18-3/h4,10-11,17H,1,5-9H2,2-3H3. The molecular weight excluding hydrogens is 246 g/mol. The van der Waals surface area contributed by atoms with Gasteiger partial charge in [-0.2, -0.15) is 0 Å². The van der Waals surface area contributed by atoms with E-state index < -0.39 is 0 Å². The van der Waals surface area contributed by atoms with E-state index in [1.807, 2.05) is 25.1 Å². The van der Waals surface area contributed by atoms with Gasteiger partial charge in [-0.05, 0) is 37.8 Å². The molecule has 18 heavy (non-hydrogen) atoms. The minimum atomic E-state index is 0.739. The predicted molar refractivity (Wildman–Crippen MR) is 79.9 cm³/mol. The average Bonchev–Trinajstić information content (AvgIpc) is 2.37. The van der Waals surface area contributed by atoms with Gasteiger partial charge >= 0.3 is 0 Å². The maximum Gasteiger partial charge on any atom is 0.143 e. The third-order valence-corrected chi connectivity index (χ3v) is 3.29. The summed E-state index contributed by atoms with van der Waals surface area (Å²) in [4.78, 5) is 0. The number of ether oxygens (including phenoxy) is 1. The molecule has 0 fully saturated rings. The molecule has 1 aromatic carbocycles. The van der Waals surface area contributed by atoms with Gasteiger partial charge in [0.15, 0.2) is 0 Å². The van der Waals surface area contributed by atoms with E-state index in [2.05, 4.69) is 11.9 Å². The van der Waals surface area contributed by atoms with E-state index in [-0.39, 0.29) is 0 Å². The van der Waals surface area contributed by atoms with Crippen LogP contribution in [-0.4, -0.2) is 13.7 Å². The molecule has 1 aromatic rings. The number of halogens is 1. The number of allylic oxidation sites excluding steroid dienone is 1. The van der Waals surface area contributed by atoms with Crippen LogP contribution >= 0.6 is 11.6 Å². The van der Waals surface area contributed by atoms with E-state index in [1.165, 1.54) is 12.8 Å². The van der Waals surface area contributed by atoms with Gasteiger partial charge in [-0.25, -0.2) is 0 Å². The van der Waals surface area contributed by atoms with Gasteiger partial charge in [0.05, 0.1) is 12.8 Å². The van der Waals surface area contributed by atoms with Crippen molar-refractivity contribution in [2.45, 2.75) is 32.6 Å². The Hall–Kier alpha value is -1.15. The van der Waals surface area contributed by atoms with Crippen LogP contribution in [0.25, 0.3) is 0 Å². The normalized spacial score (nSPS) is 10.2. The summed E-state index contributed by atoms with van der Waals surface area (Å²) in [5.41, 5.74) is 2.08. The molecule has 0 saturated heterocycles. The molecule has 0 radical (unpaired) electrons. The highest BCUT2D eigenvalue weighted by Gasteiger charge is 2.06. The van der Waals surface area contributed by atoms with Gasteiger partial charge in [0.1, 0.15) is 5.75 Å². The molecule has 0 aromatic heterocycles. The van der Waals surface area contributed by atoms with Crippen molar-refractivity contribution in [3.05, 3.63) is 35.4 Å². The Morgan fingerprint density at radius 2 is 2.11 bits per heavy atom. The lowest BCUT2D eigenvalue weighted by Gasteiger charge is -2.13. The zero-order valence-electron chi connectivity index (χ0n) is 11.3. The van der Waals surface area contributed by atoms with Crippen LogP contribution in [0.3, 0.4) is 0 Å². The summed E-state index contributed by atoms with van der Waals surface area (Å²) in [5, 5.41) is 4.14. The summed E-state index contributed by atoms with van der Waals surface area (Å²) < 4.78 is 5.32. The Labute approximate surface area is 115 Å². The van der Waals surface area contributed by atoms with E-state index in [9.17, 15) is 0 Å². The number of rotatable bonds is 8. The van der Waals surface area contributed by atoms with E-state index in [1.54, 1.807) is 7.11 Å². The molecule has 0 aliphatic heterocycles. The molecule has 3 heteroatoms. The monoisotopic (exact) mass is 267 g/mol. The van der Waals surface area contributed by atoms with Crippen LogP contribution in [0.2, 0.25) is 5.02 Å². The second-order valence-corrected chi connectivity index (χ2v) is 4.77. The van der Waals surface area contributed by atoms with Gasteiger partial charge in [0, 0.05) is 17.6 Å². The molecule has 2 nitrogen and oxygen atoms in total. The van der Waals surface area contributed by atoms with Gasteiger partial charge in [-0.15, -0.1) is 6.58 Å². The molecule has 0 bridgehead atoms. The van der Waals surface area contributed by atoms with Crippen LogP contribution in [0.15, 0.2) is 24.8 Å². The van der Waals surface area contributed by atoms with Gasteiger partial charge in [0.2, 0.25) is 0 Å². The molecule has 100 valence electrons. The number of nitrogens with one attached hydrogen (secondary N) is 1. The van der Waals surface area contributed by atoms with E-state index in [0.29, 0.717) is 0 Å². The summed E-state index contributed by atoms with van der Waals surface area (Å²) in [7, 11) is 1.66. The van der Waals surface area contributed by atoms with Gasteiger partial charge in [0.25, 0.3) is 0 Å². The Balaban J connectivity index is 2.46. The number of unbranched alkanes of at least 4 members (excludes halogenated alkanes) is 3. The van der Waals surface area contributed by atoms with Gasteiger partial charge < -0.3 is 10.1 Å². The summed E-state index contributed by atoms with van der Waals surface area (Å²) in [6, 6.07) is 3.89. The fourth-order valence-electron chi connectivity index (χ4n) is 1.78. The topological polar surface area (TPSA) is 21.3 Å². The first kappa shape index (κ1) is 14.9. The maximum atomic E-state index is 6.07. The van der Waals surface area contributed by atoms with Crippen molar-refractivity contribution in [1.29, 1.82) is 0 Å². The molecule has 0 spiro atoms. The van der Waals surface area contributed by atoms with Crippen molar-refractivity contribution >= 4 is 17.3 Å². The van der Waals surface area contributed by atoms with Crippen LogP contribution in [0.5, 0.6) is 5.75 Å². The molecule has 0 saturated carbocycles. The first-order chi connectivity index (χ1) is 8.69. The average molecular weight is 268 g/mol. The zero-order chi connectivity index (χ0) is 13.4. The van der Waals surface area contributed by atoms with E-state index in [0.717, 1.165) is 41.4 Å². The largest absolute Gasteiger partial charge is 0.495 e. The smallest absolute Gasteiger partial charge is 0.143 e. The second kappa shape index (κ2) is 8.04. The number of anilines is 1. The SMILES string of the molecule is C=CCCCCCNc1cc(C)c(Cl)cc1OC.